The highest BCUT2D eigenvalue weighted by atomic mass is 32.1. The van der Waals surface area contributed by atoms with Gasteiger partial charge in [-0.15, -0.1) is 11.3 Å². The lowest BCUT2D eigenvalue weighted by Gasteiger charge is -2.29. The van der Waals surface area contributed by atoms with Crippen LogP contribution in [0, 0.1) is 0 Å². The number of halogens is 3. The Balaban J connectivity index is 1.48. The normalized spacial score (nSPS) is 13.9. The lowest BCUT2D eigenvalue weighted by atomic mass is 10.00. The summed E-state index contributed by atoms with van der Waals surface area (Å²) >= 11 is 0.612. The molecule has 0 amide bonds. The predicted octanol–water partition coefficient (Wildman–Crippen LogP) is 3.73. The Kier molecular flexibility index (Phi) is 5.50. The lowest BCUT2D eigenvalue weighted by molar-refractivity contribution is -0.134. The van der Waals surface area contributed by atoms with Gasteiger partial charge in [0.1, 0.15) is 17.0 Å². The van der Waals surface area contributed by atoms with Crippen LogP contribution in [0.2, 0.25) is 0 Å². The van der Waals surface area contributed by atoms with Crippen LogP contribution in [0.15, 0.2) is 41.5 Å². The van der Waals surface area contributed by atoms with Crippen LogP contribution in [0.1, 0.15) is 27.8 Å². The van der Waals surface area contributed by atoms with E-state index in [0.29, 0.717) is 41.9 Å². The van der Waals surface area contributed by atoms with Crippen LogP contribution in [0.3, 0.4) is 0 Å². The third-order valence-electron chi connectivity index (χ3n) is 4.80. The average molecular weight is 436 g/mol. The van der Waals surface area contributed by atoms with Gasteiger partial charge in [0.25, 0.3) is 0 Å². The van der Waals surface area contributed by atoms with Gasteiger partial charge in [-0.25, -0.2) is 9.78 Å². The number of hydrogen-bond donors (Lipinski definition) is 0. The highest BCUT2D eigenvalue weighted by Crippen LogP contribution is 2.34. The molecule has 0 unspecified atom stereocenters. The van der Waals surface area contributed by atoms with Gasteiger partial charge in [-0.2, -0.15) is 18.2 Å². The van der Waals surface area contributed by atoms with Crippen LogP contribution < -0.4 is 15.3 Å². The number of anilines is 1. The summed E-state index contributed by atoms with van der Waals surface area (Å²) in [4.78, 5) is 22.4. The van der Waals surface area contributed by atoms with Gasteiger partial charge in [0.05, 0.1) is 13.2 Å². The molecular formula is C20H19F3N4O2S. The minimum absolute atomic E-state index is 0.00288. The van der Waals surface area contributed by atoms with Crippen molar-refractivity contribution in [3.8, 4) is 5.75 Å². The summed E-state index contributed by atoms with van der Waals surface area (Å²) in [5.41, 5.74) is 1.78. The van der Waals surface area contributed by atoms with Gasteiger partial charge in [0, 0.05) is 18.0 Å². The summed E-state index contributed by atoms with van der Waals surface area (Å²) in [7, 11) is 0. The van der Waals surface area contributed by atoms with Crippen molar-refractivity contribution >= 4 is 17.3 Å². The maximum absolute atomic E-state index is 12.7. The van der Waals surface area contributed by atoms with Crippen LogP contribution >= 0.6 is 11.3 Å². The topological polar surface area (TPSA) is 60.2 Å². The minimum atomic E-state index is -4.39. The van der Waals surface area contributed by atoms with E-state index in [1.54, 1.807) is 0 Å². The molecule has 1 aromatic carbocycles. The molecule has 3 heterocycles. The van der Waals surface area contributed by atoms with E-state index in [1.807, 2.05) is 30.0 Å². The predicted molar refractivity (Wildman–Crippen MR) is 107 cm³/mol. The molecule has 0 radical (unpaired) electrons. The molecule has 0 N–H and O–H groups in total. The Morgan fingerprint density at radius 1 is 1.20 bits per heavy atom. The number of hydrogen-bond acceptors (Lipinski definition) is 6. The molecule has 0 saturated carbocycles. The molecule has 158 valence electrons. The summed E-state index contributed by atoms with van der Waals surface area (Å²) in [6.45, 7) is 3.78. The van der Waals surface area contributed by atoms with E-state index >= 15 is 0 Å². The number of nitrogens with zero attached hydrogens (tertiary/aromatic N) is 4. The monoisotopic (exact) mass is 436 g/mol. The highest BCUT2D eigenvalue weighted by molar-refractivity contribution is 7.12. The van der Waals surface area contributed by atoms with Crippen molar-refractivity contribution < 1.29 is 17.9 Å². The van der Waals surface area contributed by atoms with E-state index < -0.39 is 16.7 Å². The first kappa shape index (κ1) is 20.4. The fourth-order valence-electron chi connectivity index (χ4n) is 3.35. The van der Waals surface area contributed by atoms with Crippen molar-refractivity contribution in [1.82, 2.24) is 14.5 Å². The van der Waals surface area contributed by atoms with Crippen molar-refractivity contribution in [2.24, 2.45) is 0 Å². The Bertz CT molecular complexity index is 1110. The Morgan fingerprint density at radius 2 is 2.03 bits per heavy atom. The zero-order chi connectivity index (χ0) is 21.3. The largest absolute Gasteiger partial charge is 0.494 e. The standard InChI is InChI=1S/C20H19F3N4O2S/c1-2-29-15-4-3-14-10-26(8-7-13(14)9-15)18-24-12-27(19(28)25-18)11-16-5-6-17(30-16)20(21,22)23/h3-6,9,12H,2,7-8,10-11H2,1H3. The first-order valence-corrected chi connectivity index (χ1v) is 10.2. The molecule has 10 heteroatoms. The third kappa shape index (κ3) is 4.33. The van der Waals surface area contributed by atoms with Gasteiger partial charge >= 0.3 is 11.9 Å². The van der Waals surface area contributed by atoms with Crippen LogP contribution in [-0.2, 0) is 25.7 Å². The van der Waals surface area contributed by atoms with Gasteiger partial charge in [0.2, 0.25) is 5.95 Å². The number of alkyl halides is 3. The molecule has 0 bridgehead atoms. The molecule has 0 spiro atoms. The number of rotatable bonds is 5. The van der Waals surface area contributed by atoms with Crippen LogP contribution in [-0.4, -0.2) is 27.7 Å². The van der Waals surface area contributed by atoms with Gasteiger partial charge in [-0.05, 0) is 48.7 Å². The van der Waals surface area contributed by atoms with Gasteiger partial charge in [0.15, 0.2) is 0 Å². The van der Waals surface area contributed by atoms with E-state index in [2.05, 4.69) is 9.97 Å². The Hall–Kier alpha value is -2.88. The molecule has 0 fully saturated rings. The molecule has 30 heavy (non-hydrogen) atoms. The molecule has 0 aliphatic carbocycles. The molecule has 2 aromatic heterocycles. The van der Waals surface area contributed by atoms with Gasteiger partial charge in [-0.3, -0.25) is 4.57 Å². The van der Waals surface area contributed by atoms with Crippen LogP contribution in [0.25, 0.3) is 0 Å². The third-order valence-corrected chi connectivity index (χ3v) is 5.92. The fraction of sp³-hybridized carbons (Fsp3) is 0.350. The summed E-state index contributed by atoms with van der Waals surface area (Å²) in [6.07, 6.45) is -2.27. The molecule has 3 aromatic rings. The van der Waals surface area contributed by atoms with Crippen molar-refractivity contribution in [3.63, 3.8) is 0 Å². The zero-order valence-corrected chi connectivity index (χ0v) is 17.0. The average Bonchev–Trinajstić information content (AvgIpc) is 3.18. The van der Waals surface area contributed by atoms with E-state index in [0.717, 1.165) is 23.8 Å². The molecule has 1 aliphatic heterocycles. The number of thiophene rings is 1. The van der Waals surface area contributed by atoms with Crippen molar-refractivity contribution in [2.45, 2.75) is 32.6 Å². The molecule has 0 saturated heterocycles. The second kappa shape index (κ2) is 8.10. The van der Waals surface area contributed by atoms with E-state index in [1.165, 1.54) is 22.5 Å². The molecule has 1 aliphatic rings. The number of ether oxygens (including phenoxy) is 1. The fourth-order valence-corrected chi connectivity index (χ4v) is 4.22. The van der Waals surface area contributed by atoms with Gasteiger partial charge < -0.3 is 9.64 Å². The summed E-state index contributed by atoms with van der Waals surface area (Å²) < 4.78 is 45.0. The first-order valence-electron chi connectivity index (χ1n) is 9.42. The molecular weight excluding hydrogens is 417 g/mol. The lowest BCUT2D eigenvalue weighted by Crippen LogP contribution is -2.35. The molecule has 0 atom stereocenters. The second-order valence-corrected chi connectivity index (χ2v) is 8.03. The number of aromatic nitrogens is 3. The van der Waals surface area contributed by atoms with Crippen LogP contribution in [0.5, 0.6) is 5.75 Å². The van der Waals surface area contributed by atoms with E-state index in [-0.39, 0.29) is 6.54 Å². The quantitative estimate of drug-likeness (QED) is 0.610. The Labute approximate surface area is 174 Å². The highest BCUT2D eigenvalue weighted by Gasteiger charge is 2.32. The van der Waals surface area contributed by atoms with Crippen molar-refractivity contribution in [1.29, 1.82) is 0 Å². The molecule has 4 rings (SSSR count). The Morgan fingerprint density at radius 3 is 2.73 bits per heavy atom. The number of benzene rings is 1. The maximum Gasteiger partial charge on any atom is 0.425 e. The smallest absolute Gasteiger partial charge is 0.425 e. The van der Waals surface area contributed by atoms with Crippen LogP contribution in [0.4, 0.5) is 19.1 Å². The van der Waals surface area contributed by atoms with E-state index in [4.69, 9.17) is 4.74 Å². The van der Waals surface area contributed by atoms with Gasteiger partial charge in [-0.1, -0.05) is 6.07 Å². The van der Waals surface area contributed by atoms with E-state index in [9.17, 15) is 18.0 Å². The SMILES string of the molecule is CCOc1ccc2c(c1)CCN(c1ncn(Cc3ccc(C(F)(F)F)s3)c(=O)n1)C2. The summed E-state index contributed by atoms with van der Waals surface area (Å²) in [5, 5.41) is 0. The second-order valence-electron chi connectivity index (χ2n) is 6.87. The van der Waals surface area contributed by atoms with Crippen molar-refractivity contribution in [3.05, 3.63) is 68.0 Å². The zero-order valence-electron chi connectivity index (χ0n) is 16.1. The van der Waals surface area contributed by atoms with Crippen molar-refractivity contribution in [2.75, 3.05) is 18.1 Å². The summed E-state index contributed by atoms with van der Waals surface area (Å²) in [6, 6.07) is 8.34. The maximum atomic E-state index is 12.7. The first-order chi connectivity index (χ1) is 14.3. The number of fused-ring (bicyclic) bond motifs is 1. The minimum Gasteiger partial charge on any atom is -0.494 e. The molecule has 6 nitrogen and oxygen atoms in total. The summed E-state index contributed by atoms with van der Waals surface area (Å²) in [5.74, 6) is 1.16.